The van der Waals surface area contributed by atoms with Crippen molar-refractivity contribution in [3.05, 3.63) is 12.2 Å². The van der Waals surface area contributed by atoms with E-state index < -0.39 is 43.4 Å². The van der Waals surface area contributed by atoms with Crippen molar-refractivity contribution in [3.63, 3.8) is 0 Å². The van der Waals surface area contributed by atoms with Crippen LogP contribution >= 0.6 is 0 Å². The van der Waals surface area contributed by atoms with E-state index >= 15 is 0 Å². The molecule has 0 saturated carbocycles. The van der Waals surface area contributed by atoms with E-state index in [4.69, 9.17) is 18.9 Å². The van der Waals surface area contributed by atoms with Crippen LogP contribution in [0.2, 0.25) is 0 Å². The zero-order valence-corrected chi connectivity index (χ0v) is 46.3. The van der Waals surface area contributed by atoms with E-state index in [0.717, 1.165) is 32.1 Å². The standard InChI is InChI=1S/C61H118O9/c1-3-5-7-9-11-13-15-17-19-21-23-25-26-27-28-29-31-33-35-37-39-41-43-45-47-49-51-67-53-55(54-68-61-60(66)59(65)58(64)56(52-62)70-61)69-57(63)50-48-46-44-42-40-38-36-34-32-30-24-22-20-18-16-14-12-10-8-6-4-2/h21,23,55-56,58-62,64-66H,3-20,22,24-54H2,1-2H3/b23-21-. The van der Waals surface area contributed by atoms with Gasteiger partial charge in [-0.15, -0.1) is 0 Å². The Morgan fingerprint density at radius 3 is 1.16 bits per heavy atom. The van der Waals surface area contributed by atoms with Gasteiger partial charge in [0.1, 0.15) is 30.5 Å². The Bertz CT molecular complexity index is 1090. The minimum absolute atomic E-state index is 0.106. The Morgan fingerprint density at radius 1 is 0.443 bits per heavy atom. The summed E-state index contributed by atoms with van der Waals surface area (Å²) in [5, 5.41) is 40.4. The Labute approximate surface area is 433 Å². The highest BCUT2D eigenvalue weighted by atomic mass is 16.7. The van der Waals surface area contributed by atoms with E-state index in [9.17, 15) is 25.2 Å². The van der Waals surface area contributed by atoms with Gasteiger partial charge < -0.3 is 39.4 Å². The number of carbonyl (C=O) groups is 1. The van der Waals surface area contributed by atoms with Crippen LogP contribution in [-0.4, -0.2) is 89.6 Å². The molecule has 1 saturated heterocycles. The summed E-state index contributed by atoms with van der Waals surface area (Å²) in [6.07, 6.45) is 57.0. The van der Waals surface area contributed by atoms with Crippen LogP contribution in [-0.2, 0) is 23.7 Å². The summed E-state index contributed by atoms with van der Waals surface area (Å²) >= 11 is 0. The number of ether oxygens (including phenoxy) is 4. The summed E-state index contributed by atoms with van der Waals surface area (Å²) in [6.45, 7) is 4.64. The van der Waals surface area contributed by atoms with Gasteiger partial charge in [0.25, 0.3) is 0 Å². The van der Waals surface area contributed by atoms with Crippen LogP contribution in [0.5, 0.6) is 0 Å². The Kier molecular flexibility index (Phi) is 50.5. The first-order chi connectivity index (χ1) is 34.4. The number of carbonyl (C=O) groups excluding carboxylic acids is 1. The maximum atomic E-state index is 12.9. The van der Waals surface area contributed by atoms with Crippen LogP contribution in [0.25, 0.3) is 0 Å². The van der Waals surface area contributed by atoms with Crippen LogP contribution in [0, 0.1) is 0 Å². The second-order valence-corrected chi connectivity index (χ2v) is 21.5. The fraction of sp³-hybridized carbons (Fsp3) is 0.951. The van der Waals surface area contributed by atoms with Gasteiger partial charge in [-0.2, -0.15) is 0 Å². The van der Waals surface area contributed by atoms with Gasteiger partial charge in [-0.25, -0.2) is 0 Å². The first kappa shape index (κ1) is 66.9. The molecule has 1 fully saturated rings. The van der Waals surface area contributed by atoms with Crippen LogP contribution in [0.4, 0.5) is 0 Å². The monoisotopic (exact) mass is 995 g/mol. The van der Waals surface area contributed by atoms with Crippen molar-refractivity contribution in [3.8, 4) is 0 Å². The summed E-state index contributed by atoms with van der Waals surface area (Å²) in [6, 6.07) is 0. The van der Waals surface area contributed by atoms with Crippen LogP contribution in [0.15, 0.2) is 12.2 Å². The first-order valence-corrected chi connectivity index (χ1v) is 30.8. The van der Waals surface area contributed by atoms with E-state index in [2.05, 4.69) is 26.0 Å². The summed E-state index contributed by atoms with van der Waals surface area (Å²) in [5.41, 5.74) is 0. The third-order valence-electron chi connectivity index (χ3n) is 14.7. The van der Waals surface area contributed by atoms with Gasteiger partial charge in [0, 0.05) is 13.0 Å². The fourth-order valence-electron chi connectivity index (χ4n) is 9.90. The molecule has 0 aromatic rings. The van der Waals surface area contributed by atoms with Crippen molar-refractivity contribution < 1.29 is 44.2 Å². The molecule has 0 aromatic carbocycles. The molecule has 0 aromatic heterocycles. The van der Waals surface area contributed by atoms with Crippen LogP contribution in [0.3, 0.4) is 0 Å². The smallest absolute Gasteiger partial charge is 0.306 e. The highest BCUT2D eigenvalue weighted by Crippen LogP contribution is 2.23. The summed E-state index contributed by atoms with van der Waals surface area (Å²) in [4.78, 5) is 12.9. The number of hydrogen-bond donors (Lipinski definition) is 4. The number of hydrogen-bond acceptors (Lipinski definition) is 9. The number of allylic oxidation sites excluding steroid dienone is 2. The van der Waals surface area contributed by atoms with E-state index in [1.807, 2.05) is 0 Å². The van der Waals surface area contributed by atoms with Crippen molar-refractivity contribution >= 4 is 5.97 Å². The SMILES string of the molecule is CCCCCCCCCC/C=C\CCCCCCCCCCCCCCCCOCC(COC1OC(CO)C(O)C(O)C1O)OC(=O)CCCCCCCCCCCCCCCCCCCCCCC. The molecule has 0 radical (unpaired) electrons. The minimum atomic E-state index is -1.53. The fourth-order valence-corrected chi connectivity index (χ4v) is 9.90. The predicted molar refractivity (Wildman–Crippen MR) is 293 cm³/mol. The molecule has 9 heteroatoms. The van der Waals surface area contributed by atoms with Crippen molar-refractivity contribution in [2.45, 2.75) is 346 Å². The number of unbranched alkanes of at least 4 members (excludes halogenated alkanes) is 42. The average Bonchev–Trinajstić information content (AvgIpc) is 3.36. The highest BCUT2D eigenvalue weighted by Gasteiger charge is 2.44. The molecule has 6 unspecified atom stereocenters. The molecular formula is C61H118O9. The molecule has 6 atom stereocenters. The van der Waals surface area contributed by atoms with Crippen molar-refractivity contribution in [2.75, 3.05) is 26.4 Å². The molecule has 0 spiro atoms. The number of aliphatic hydroxyl groups is 4. The maximum Gasteiger partial charge on any atom is 0.306 e. The Balaban J connectivity index is 2.10. The Morgan fingerprint density at radius 2 is 0.786 bits per heavy atom. The molecule has 416 valence electrons. The lowest BCUT2D eigenvalue weighted by atomic mass is 9.99. The van der Waals surface area contributed by atoms with Gasteiger partial charge >= 0.3 is 5.97 Å². The van der Waals surface area contributed by atoms with Gasteiger partial charge in [0.2, 0.25) is 0 Å². The van der Waals surface area contributed by atoms with Gasteiger partial charge in [0.15, 0.2) is 6.29 Å². The second kappa shape index (κ2) is 52.8. The van der Waals surface area contributed by atoms with Gasteiger partial charge in [-0.1, -0.05) is 276 Å². The van der Waals surface area contributed by atoms with Crippen LogP contribution in [0.1, 0.15) is 309 Å². The van der Waals surface area contributed by atoms with Crippen molar-refractivity contribution in [1.29, 1.82) is 0 Å². The minimum Gasteiger partial charge on any atom is -0.457 e. The molecule has 0 amide bonds. The largest absolute Gasteiger partial charge is 0.457 e. The average molecular weight is 996 g/mol. The molecule has 1 aliphatic rings. The van der Waals surface area contributed by atoms with Gasteiger partial charge in [0.05, 0.1) is 19.8 Å². The quantitative estimate of drug-likeness (QED) is 0.0267. The zero-order valence-electron chi connectivity index (χ0n) is 46.3. The van der Waals surface area contributed by atoms with E-state index in [1.54, 1.807) is 0 Å². The predicted octanol–water partition coefficient (Wildman–Crippen LogP) is 16.3. The molecule has 1 heterocycles. The van der Waals surface area contributed by atoms with Gasteiger partial charge in [-0.3, -0.25) is 4.79 Å². The first-order valence-electron chi connectivity index (χ1n) is 30.8. The number of aliphatic hydroxyl groups excluding tert-OH is 4. The van der Waals surface area contributed by atoms with Crippen molar-refractivity contribution in [2.24, 2.45) is 0 Å². The van der Waals surface area contributed by atoms with Gasteiger partial charge in [-0.05, 0) is 38.5 Å². The molecule has 4 N–H and O–H groups in total. The summed E-state index contributed by atoms with van der Waals surface area (Å²) in [5.74, 6) is -0.304. The lowest BCUT2D eigenvalue weighted by Crippen LogP contribution is -2.59. The van der Waals surface area contributed by atoms with Crippen molar-refractivity contribution in [1.82, 2.24) is 0 Å². The van der Waals surface area contributed by atoms with E-state index in [1.165, 1.54) is 257 Å². The topological polar surface area (TPSA) is 135 Å². The molecule has 0 aliphatic carbocycles. The summed E-state index contributed by atoms with van der Waals surface area (Å²) in [7, 11) is 0. The molecule has 1 rings (SSSR count). The normalized spacial score (nSPS) is 18.9. The zero-order chi connectivity index (χ0) is 50.6. The third kappa shape index (κ3) is 42.3. The maximum absolute atomic E-state index is 12.9. The third-order valence-corrected chi connectivity index (χ3v) is 14.7. The molecular weight excluding hydrogens is 877 g/mol. The lowest BCUT2D eigenvalue weighted by Gasteiger charge is -2.39. The number of rotatable bonds is 55. The number of esters is 1. The Hall–Kier alpha value is -1.07. The van der Waals surface area contributed by atoms with E-state index in [-0.39, 0.29) is 19.2 Å². The lowest BCUT2D eigenvalue weighted by molar-refractivity contribution is -0.305. The van der Waals surface area contributed by atoms with E-state index in [0.29, 0.717) is 13.0 Å². The molecule has 1 aliphatic heterocycles. The second-order valence-electron chi connectivity index (χ2n) is 21.5. The molecule has 0 bridgehead atoms. The highest BCUT2D eigenvalue weighted by molar-refractivity contribution is 5.69. The van der Waals surface area contributed by atoms with Crippen LogP contribution < -0.4 is 0 Å². The molecule has 70 heavy (non-hydrogen) atoms. The summed E-state index contributed by atoms with van der Waals surface area (Å²) < 4.78 is 23.0. The molecule has 9 nitrogen and oxygen atoms in total.